The van der Waals surface area contributed by atoms with Crippen molar-refractivity contribution in [2.24, 2.45) is 5.41 Å². The average Bonchev–Trinajstić information content (AvgIpc) is 2.24. The van der Waals surface area contributed by atoms with E-state index in [0.717, 1.165) is 12.1 Å². The fourth-order valence-corrected chi connectivity index (χ4v) is 3.06. The zero-order chi connectivity index (χ0) is 13.3. The largest absolute Gasteiger partial charge is 0.397 e. The Kier molecular flexibility index (Phi) is 3.98. The summed E-state index contributed by atoms with van der Waals surface area (Å²) in [5.41, 5.74) is 7.93. The molecule has 1 fully saturated rings. The number of hydrogen-bond acceptors (Lipinski definition) is 2. The van der Waals surface area contributed by atoms with Gasteiger partial charge in [0.15, 0.2) is 0 Å². The highest BCUT2D eigenvalue weighted by atomic mass is 35.5. The molecule has 1 atom stereocenters. The number of nitrogens with two attached hydrogens (primary N) is 1. The summed E-state index contributed by atoms with van der Waals surface area (Å²) >= 11 is 12.0. The molecule has 0 aliphatic heterocycles. The molecule has 18 heavy (non-hydrogen) atoms. The monoisotopic (exact) mass is 286 g/mol. The Morgan fingerprint density at radius 2 is 1.94 bits per heavy atom. The maximum atomic E-state index is 6.03. The number of benzene rings is 1. The molecule has 1 unspecified atom stereocenters. The van der Waals surface area contributed by atoms with Crippen LogP contribution in [0.15, 0.2) is 12.1 Å². The summed E-state index contributed by atoms with van der Waals surface area (Å²) in [7, 11) is 0. The minimum absolute atomic E-state index is 0.404. The summed E-state index contributed by atoms with van der Waals surface area (Å²) in [4.78, 5) is 0. The second-order valence-corrected chi connectivity index (χ2v) is 6.77. The normalized spacial score (nSPS) is 22.8. The quantitative estimate of drug-likeness (QED) is 0.755. The number of halogens is 2. The van der Waals surface area contributed by atoms with E-state index in [1.54, 1.807) is 6.07 Å². The Morgan fingerprint density at radius 3 is 2.61 bits per heavy atom. The summed E-state index contributed by atoms with van der Waals surface area (Å²) < 4.78 is 0. The second-order valence-electron chi connectivity index (χ2n) is 5.96. The first-order valence-electron chi connectivity index (χ1n) is 6.38. The molecule has 1 aliphatic rings. The number of nitrogens with one attached hydrogen (secondary N) is 1. The molecule has 100 valence electrons. The van der Waals surface area contributed by atoms with E-state index in [1.165, 1.54) is 19.3 Å². The van der Waals surface area contributed by atoms with Crippen LogP contribution in [-0.2, 0) is 0 Å². The third-order valence-corrected chi connectivity index (χ3v) is 4.38. The van der Waals surface area contributed by atoms with Crippen LogP contribution in [0.2, 0.25) is 10.0 Å². The van der Waals surface area contributed by atoms with Gasteiger partial charge in [0.1, 0.15) is 0 Å². The summed E-state index contributed by atoms with van der Waals surface area (Å²) in [6, 6.07) is 3.99. The molecular weight excluding hydrogens is 267 g/mol. The van der Waals surface area contributed by atoms with E-state index in [0.29, 0.717) is 27.2 Å². The van der Waals surface area contributed by atoms with Gasteiger partial charge in [-0.2, -0.15) is 0 Å². The van der Waals surface area contributed by atoms with Gasteiger partial charge >= 0.3 is 0 Å². The van der Waals surface area contributed by atoms with Crippen LogP contribution < -0.4 is 11.1 Å². The van der Waals surface area contributed by atoms with Crippen LogP contribution in [0.25, 0.3) is 0 Å². The van der Waals surface area contributed by atoms with Crippen LogP contribution in [0, 0.1) is 5.41 Å². The number of anilines is 2. The predicted octanol–water partition coefficient (Wildman–Crippen LogP) is 4.96. The van der Waals surface area contributed by atoms with Gasteiger partial charge in [-0.3, -0.25) is 0 Å². The third-order valence-electron chi connectivity index (χ3n) is 3.66. The lowest BCUT2D eigenvalue weighted by atomic mass is 9.75. The van der Waals surface area contributed by atoms with Crippen molar-refractivity contribution in [2.75, 3.05) is 11.1 Å². The van der Waals surface area contributed by atoms with E-state index in [4.69, 9.17) is 28.9 Å². The van der Waals surface area contributed by atoms with Crippen molar-refractivity contribution in [3.63, 3.8) is 0 Å². The molecule has 3 N–H and O–H groups in total. The third kappa shape index (κ3) is 3.24. The number of nitrogen functional groups attached to an aromatic ring is 1. The highest BCUT2D eigenvalue weighted by molar-refractivity contribution is 6.42. The van der Waals surface area contributed by atoms with Gasteiger partial charge in [-0.25, -0.2) is 0 Å². The van der Waals surface area contributed by atoms with E-state index < -0.39 is 0 Å². The first-order chi connectivity index (χ1) is 8.37. The lowest BCUT2D eigenvalue weighted by Gasteiger charge is -2.36. The predicted molar refractivity (Wildman–Crippen MR) is 80.5 cm³/mol. The van der Waals surface area contributed by atoms with Crippen molar-refractivity contribution in [3.8, 4) is 0 Å². The van der Waals surface area contributed by atoms with E-state index >= 15 is 0 Å². The van der Waals surface area contributed by atoms with Gasteiger partial charge < -0.3 is 11.1 Å². The Labute approximate surface area is 119 Å². The molecule has 0 heterocycles. The zero-order valence-corrected chi connectivity index (χ0v) is 12.4. The summed E-state index contributed by atoms with van der Waals surface area (Å²) in [5, 5.41) is 4.55. The minimum atomic E-state index is 0.404. The lowest BCUT2D eigenvalue weighted by molar-refractivity contribution is 0.229. The molecule has 0 radical (unpaired) electrons. The van der Waals surface area contributed by atoms with Crippen LogP contribution in [0.4, 0.5) is 11.4 Å². The Morgan fingerprint density at radius 1 is 1.28 bits per heavy atom. The first kappa shape index (κ1) is 13.8. The molecule has 1 saturated carbocycles. The highest BCUT2D eigenvalue weighted by Crippen LogP contribution is 2.38. The Balaban J connectivity index is 2.12. The zero-order valence-electron chi connectivity index (χ0n) is 10.9. The molecular formula is C14H20Cl2N2. The minimum Gasteiger partial charge on any atom is -0.397 e. The molecule has 0 aromatic heterocycles. The molecule has 0 spiro atoms. The standard InChI is InChI=1S/C14H20Cl2N2/c1-14(2)5-3-4-9(8-14)18-13-7-11(16)10(15)6-12(13)17/h6-7,9,18H,3-5,8,17H2,1-2H3. The molecule has 1 aromatic rings. The summed E-state index contributed by atoms with van der Waals surface area (Å²) in [6.45, 7) is 4.64. The van der Waals surface area contributed by atoms with Crippen molar-refractivity contribution in [2.45, 2.75) is 45.6 Å². The van der Waals surface area contributed by atoms with Crippen LogP contribution in [-0.4, -0.2) is 6.04 Å². The molecule has 0 amide bonds. The first-order valence-corrected chi connectivity index (χ1v) is 7.14. The molecule has 1 aromatic carbocycles. The molecule has 2 nitrogen and oxygen atoms in total. The fourth-order valence-electron chi connectivity index (χ4n) is 2.73. The van der Waals surface area contributed by atoms with Gasteiger partial charge in [0.2, 0.25) is 0 Å². The van der Waals surface area contributed by atoms with E-state index in [1.807, 2.05) is 6.07 Å². The summed E-state index contributed by atoms with van der Waals surface area (Å²) in [5.74, 6) is 0. The molecule has 4 heteroatoms. The molecule has 1 aliphatic carbocycles. The number of rotatable bonds is 2. The van der Waals surface area contributed by atoms with Crippen molar-refractivity contribution in [1.29, 1.82) is 0 Å². The summed E-state index contributed by atoms with van der Waals surface area (Å²) in [6.07, 6.45) is 4.89. The van der Waals surface area contributed by atoms with Crippen molar-refractivity contribution >= 4 is 34.6 Å². The van der Waals surface area contributed by atoms with Gasteiger partial charge in [-0.05, 0) is 36.8 Å². The van der Waals surface area contributed by atoms with Crippen LogP contribution >= 0.6 is 23.2 Å². The lowest BCUT2D eigenvalue weighted by Crippen LogP contribution is -2.31. The molecule has 0 bridgehead atoms. The maximum Gasteiger partial charge on any atom is 0.0614 e. The highest BCUT2D eigenvalue weighted by Gasteiger charge is 2.28. The van der Waals surface area contributed by atoms with Crippen molar-refractivity contribution in [1.82, 2.24) is 0 Å². The van der Waals surface area contributed by atoms with Gasteiger partial charge in [0.25, 0.3) is 0 Å². The fraction of sp³-hybridized carbons (Fsp3) is 0.571. The Bertz CT molecular complexity index is 444. The molecule has 0 saturated heterocycles. The second kappa shape index (κ2) is 5.18. The van der Waals surface area contributed by atoms with Crippen LogP contribution in [0.5, 0.6) is 0 Å². The smallest absolute Gasteiger partial charge is 0.0614 e. The van der Waals surface area contributed by atoms with Gasteiger partial charge in [-0.1, -0.05) is 43.5 Å². The topological polar surface area (TPSA) is 38.0 Å². The van der Waals surface area contributed by atoms with Crippen molar-refractivity contribution in [3.05, 3.63) is 22.2 Å². The average molecular weight is 287 g/mol. The number of hydrogen-bond donors (Lipinski definition) is 2. The van der Waals surface area contributed by atoms with Crippen LogP contribution in [0.1, 0.15) is 39.5 Å². The van der Waals surface area contributed by atoms with Crippen LogP contribution in [0.3, 0.4) is 0 Å². The van der Waals surface area contributed by atoms with E-state index in [9.17, 15) is 0 Å². The van der Waals surface area contributed by atoms with Crippen molar-refractivity contribution < 1.29 is 0 Å². The maximum absolute atomic E-state index is 6.03. The SMILES string of the molecule is CC1(C)CCCC(Nc2cc(Cl)c(Cl)cc2N)C1. The van der Waals surface area contributed by atoms with Gasteiger partial charge in [-0.15, -0.1) is 0 Å². The van der Waals surface area contributed by atoms with Gasteiger partial charge in [0.05, 0.1) is 21.4 Å². The Hall–Kier alpha value is -0.600. The van der Waals surface area contributed by atoms with E-state index in [2.05, 4.69) is 19.2 Å². The van der Waals surface area contributed by atoms with Gasteiger partial charge in [0, 0.05) is 6.04 Å². The van der Waals surface area contributed by atoms with E-state index in [-0.39, 0.29) is 0 Å². The molecule has 2 rings (SSSR count).